The third kappa shape index (κ3) is 4.24. The maximum atomic E-state index is 5.64. The van der Waals surface area contributed by atoms with Crippen LogP contribution in [0.3, 0.4) is 0 Å². The average Bonchev–Trinajstić information content (AvgIpc) is 2.34. The molecule has 0 amide bonds. The lowest BCUT2D eigenvalue weighted by atomic mass is 9.76. The van der Waals surface area contributed by atoms with Gasteiger partial charge >= 0.3 is 0 Å². The molecule has 1 aromatic carbocycles. The van der Waals surface area contributed by atoms with E-state index in [1.807, 2.05) is 0 Å². The Hall–Kier alpha value is -1.02. The largest absolute Gasteiger partial charge is 0.496 e. The zero-order valence-electron chi connectivity index (χ0n) is 14.3. The molecule has 0 saturated heterocycles. The first-order chi connectivity index (χ1) is 9.31. The molecular weight excluding hydrogens is 246 g/mol. The van der Waals surface area contributed by atoms with Crippen molar-refractivity contribution in [2.45, 2.75) is 65.8 Å². The normalized spacial score (nSPS) is 13.3. The van der Waals surface area contributed by atoms with Gasteiger partial charge in [0.05, 0.1) is 7.11 Å². The molecule has 2 heteroatoms. The molecule has 0 radical (unpaired) electrons. The summed E-state index contributed by atoms with van der Waals surface area (Å²) in [4.78, 5) is 0. The summed E-state index contributed by atoms with van der Waals surface area (Å²) in [5, 5.41) is 3.59. The van der Waals surface area contributed by atoms with E-state index in [0.717, 1.165) is 18.7 Å². The summed E-state index contributed by atoms with van der Waals surface area (Å²) >= 11 is 0. The fourth-order valence-electron chi connectivity index (χ4n) is 3.29. The minimum Gasteiger partial charge on any atom is -0.496 e. The van der Waals surface area contributed by atoms with Crippen molar-refractivity contribution >= 4 is 0 Å². The maximum Gasteiger partial charge on any atom is 0.123 e. The van der Waals surface area contributed by atoms with Gasteiger partial charge in [0.1, 0.15) is 5.75 Å². The molecule has 0 aliphatic carbocycles. The van der Waals surface area contributed by atoms with Crippen molar-refractivity contribution in [1.82, 2.24) is 5.32 Å². The SMILES string of the molecule is CCCNC(C)CC(C)(C)c1c(C)cc(C)cc1OC. The Morgan fingerprint density at radius 3 is 2.45 bits per heavy atom. The molecular formula is C18H31NO. The average molecular weight is 277 g/mol. The summed E-state index contributed by atoms with van der Waals surface area (Å²) in [5.74, 6) is 1.02. The first-order valence-electron chi connectivity index (χ1n) is 7.71. The molecule has 0 fully saturated rings. The summed E-state index contributed by atoms with van der Waals surface area (Å²) < 4.78 is 5.64. The second-order valence-electron chi connectivity index (χ2n) is 6.60. The van der Waals surface area contributed by atoms with Crippen molar-refractivity contribution in [2.75, 3.05) is 13.7 Å². The van der Waals surface area contributed by atoms with Crippen LogP contribution in [-0.4, -0.2) is 19.7 Å². The van der Waals surface area contributed by atoms with E-state index in [1.165, 1.54) is 23.1 Å². The van der Waals surface area contributed by atoms with Gasteiger partial charge in [0.15, 0.2) is 0 Å². The Balaban J connectivity index is 3.02. The number of rotatable bonds is 7. The summed E-state index contributed by atoms with van der Waals surface area (Å²) in [6.07, 6.45) is 2.28. The topological polar surface area (TPSA) is 21.3 Å². The highest BCUT2D eigenvalue weighted by atomic mass is 16.5. The molecule has 114 valence electrons. The minimum atomic E-state index is 0.100. The molecule has 0 aromatic heterocycles. The molecule has 20 heavy (non-hydrogen) atoms. The van der Waals surface area contributed by atoms with Crippen molar-refractivity contribution in [3.05, 3.63) is 28.8 Å². The second-order valence-corrected chi connectivity index (χ2v) is 6.60. The molecule has 0 spiro atoms. The van der Waals surface area contributed by atoms with E-state index in [4.69, 9.17) is 4.74 Å². The van der Waals surface area contributed by atoms with Crippen LogP contribution in [0.4, 0.5) is 0 Å². The highest BCUT2D eigenvalue weighted by molar-refractivity contribution is 5.47. The quantitative estimate of drug-likeness (QED) is 0.799. The fourth-order valence-corrected chi connectivity index (χ4v) is 3.29. The van der Waals surface area contributed by atoms with Crippen LogP contribution in [-0.2, 0) is 5.41 Å². The second kappa shape index (κ2) is 7.12. The summed E-state index contributed by atoms with van der Waals surface area (Å²) in [6, 6.07) is 4.91. The first-order valence-corrected chi connectivity index (χ1v) is 7.71. The Kier molecular flexibility index (Phi) is 6.07. The molecule has 0 aliphatic rings. The summed E-state index contributed by atoms with van der Waals surface area (Å²) in [5.41, 5.74) is 4.03. The van der Waals surface area contributed by atoms with E-state index in [0.29, 0.717) is 6.04 Å². The molecule has 2 nitrogen and oxygen atoms in total. The van der Waals surface area contributed by atoms with E-state index >= 15 is 0 Å². The van der Waals surface area contributed by atoms with Crippen molar-refractivity contribution in [1.29, 1.82) is 0 Å². The van der Waals surface area contributed by atoms with Gasteiger partial charge in [-0.25, -0.2) is 0 Å². The van der Waals surface area contributed by atoms with Crippen LogP contribution in [0.2, 0.25) is 0 Å². The van der Waals surface area contributed by atoms with Crippen LogP contribution in [0.5, 0.6) is 5.75 Å². The Morgan fingerprint density at radius 1 is 1.25 bits per heavy atom. The van der Waals surface area contributed by atoms with Crippen LogP contribution < -0.4 is 10.1 Å². The summed E-state index contributed by atoms with van der Waals surface area (Å²) in [6.45, 7) is 14.5. The standard InChI is InChI=1S/C18H31NO/c1-8-9-19-15(4)12-18(5,6)17-14(3)10-13(2)11-16(17)20-7/h10-11,15,19H,8-9,12H2,1-7H3. The van der Waals surface area contributed by atoms with Crippen molar-refractivity contribution in [3.8, 4) is 5.75 Å². The van der Waals surface area contributed by atoms with Crippen LogP contribution in [0.25, 0.3) is 0 Å². The molecule has 0 bridgehead atoms. The van der Waals surface area contributed by atoms with Gasteiger partial charge in [-0.2, -0.15) is 0 Å². The van der Waals surface area contributed by atoms with Gasteiger partial charge in [0.2, 0.25) is 0 Å². The molecule has 1 unspecified atom stereocenters. The number of hydrogen-bond donors (Lipinski definition) is 1. The van der Waals surface area contributed by atoms with Gasteiger partial charge in [-0.05, 0) is 62.8 Å². The number of methoxy groups -OCH3 is 1. The van der Waals surface area contributed by atoms with Gasteiger partial charge in [-0.3, -0.25) is 0 Å². The van der Waals surface area contributed by atoms with Gasteiger partial charge in [0, 0.05) is 11.6 Å². The smallest absolute Gasteiger partial charge is 0.123 e. The minimum absolute atomic E-state index is 0.100. The zero-order valence-corrected chi connectivity index (χ0v) is 14.3. The van der Waals surface area contributed by atoms with E-state index < -0.39 is 0 Å². The number of ether oxygens (including phenoxy) is 1. The predicted octanol–water partition coefficient (Wildman–Crippen LogP) is 4.37. The van der Waals surface area contributed by atoms with Crippen LogP contribution in [0, 0.1) is 13.8 Å². The molecule has 0 aliphatic heterocycles. The maximum absolute atomic E-state index is 5.64. The predicted molar refractivity (Wildman–Crippen MR) is 87.9 cm³/mol. The number of benzene rings is 1. The molecule has 1 rings (SSSR count). The third-order valence-corrected chi connectivity index (χ3v) is 3.90. The molecule has 1 atom stereocenters. The fraction of sp³-hybridized carbons (Fsp3) is 0.667. The lowest BCUT2D eigenvalue weighted by Gasteiger charge is -2.32. The lowest BCUT2D eigenvalue weighted by Crippen LogP contribution is -2.34. The van der Waals surface area contributed by atoms with E-state index in [2.05, 4.69) is 59.0 Å². The van der Waals surface area contributed by atoms with Gasteiger partial charge < -0.3 is 10.1 Å². The third-order valence-electron chi connectivity index (χ3n) is 3.90. The van der Waals surface area contributed by atoms with Crippen molar-refractivity contribution in [2.24, 2.45) is 0 Å². The Morgan fingerprint density at radius 2 is 1.90 bits per heavy atom. The van der Waals surface area contributed by atoms with Crippen molar-refractivity contribution < 1.29 is 4.74 Å². The molecule has 1 N–H and O–H groups in total. The highest BCUT2D eigenvalue weighted by Crippen LogP contribution is 2.38. The first kappa shape index (κ1) is 17.0. The monoisotopic (exact) mass is 277 g/mol. The van der Waals surface area contributed by atoms with E-state index in [1.54, 1.807) is 7.11 Å². The van der Waals surface area contributed by atoms with Gasteiger partial charge in [-0.1, -0.05) is 26.8 Å². The Labute approximate surface area is 124 Å². The van der Waals surface area contributed by atoms with Crippen molar-refractivity contribution in [3.63, 3.8) is 0 Å². The Bertz CT molecular complexity index is 437. The number of hydrogen-bond acceptors (Lipinski definition) is 2. The van der Waals surface area contributed by atoms with Gasteiger partial charge in [0.25, 0.3) is 0 Å². The molecule has 1 aromatic rings. The number of aryl methyl sites for hydroxylation is 2. The number of nitrogens with one attached hydrogen (secondary N) is 1. The highest BCUT2D eigenvalue weighted by Gasteiger charge is 2.28. The zero-order chi connectivity index (χ0) is 15.3. The summed E-state index contributed by atoms with van der Waals surface area (Å²) in [7, 11) is 1.77. The van der Waals surface area contributed by atoms with Crippen LogP contribution in [0.1, 0.15) is 57.2 Å². The van der Waals surface area contributed by atoms with E-state index in [9.17, 15) is 0 Å². The molecule has 0 saturated carbocycles. The van der Waals surface area contributed by atoms with Gasteiger partial charge in [-0.15, -0.1) is 0 Å². The molecule has 0 heterocycles. The lowest BCUT2D eigenvalue weighted by molar-refractivity contribution is 0.357. The van der Waals surface area contributed by atoms with Crippen LogP contribution in [0.15, 0.2) is 12.1 Å². The van der Waals surface area contributed by atoms with Crippen LogP contribution >= 0.6 is 0 Å². The van der Waals surface area contributed by atoms with E-state index in [-0.39, 0.29) is 5.41 Å².